The lowest BCUT2D eigenvalue weighted by Crippen LogP contribution is -2.11. The van der Waals surface area contributed by atoms with E-state index < -0.39 is 12.1 Å². The van der Waals surface area contributed by atoms with Crippen molar-refractivity contribution in [2.24, 2.45) is 0 Å². The molecule has 0 amide bonds. The van der Waals surface area contributed by atoms with Gasteiger partial charge in [-0.15, -0.1) is 0 Å². The summed E-state index contributed by atoms with van der Waals surface area (Å²) in [6, 6.07) is 5.09. The number of carboxylic acids is 1. The average molecular weight is 345 g/mol. The normalized spacial score (nSPS) is 11.9. The Hall–Kier alpha value is -1.40. The van der Waals surface area contributed by atoms with Crippen LogP contribution in [-0.2, 0) is 26.1 Å². The topological polar surface area (TPSA) is 83.8 Å². The fourth-order valence-electron chi connectivity index (χ4n) is 1.79. The molecule has 0 heterocycles. The molecule has 0 spiro atoms. The fraction of sp³-hybridized carbons (Fsp3) is 0.429. The molecule has 0 aromatic heterocycles. The maximum Gasteiger partial charge on any atom is 0.337 e. The van der Waals surface area contributed by atoms with Gasteiger partial charge in [-0.1, -0.05) is 34.1 Å². The first-order valence-corrected chi connectivity index (χ1v) is 7.35. The number of aliphatic hydroxyl groups is 1. The molecule has 6 heteroatoms. The number of carbonyl (C=O) groups is 2. The van der Waals surface area contributed by atoms with E-state index >= 15 is 0 Å². The largest absolute Gasteiger partial charge is 0.479 e. The number of aryl methyl sites for hydroxylation is 1. The van der Waals surface area contributed by atoms with E-state index in [1.54, 1.807) is 19.1 Å². The minimum Gasteiger partial charge on any atom is -0.479 e. The van der Waals surface area contributed by atoms with Crippen LogP contribution in [0.3, 0.4) is 0 Å². The van der Waals surface area contributed by atoms with E-state index in [2.05, 4.69) is 15.9 Å². The van der Waals surface area contributed by atoms with Crippen molar-refractivity contribution in [2.45, 2.75) is 31.2 Å². The second kappa shape index (κ2) is 8.01. The van der Waals surface area contributed by atoms with Crippen LogP contribution in [-0.4, -0.2) is 28.8 Å². The van der Waals surface area contributed by atoms with Gasteiger partial charge in [-0.2, -0.15) is 0 Å². The molecule has 0 bridgehead atoms. The number of rotatable bonds is 7. The van der Waals surface area contributed by atoms with Crippen molar-refractivity contribution in [1.29, 1.82) is 0 Å². The molecule has 0 aliphatic rings. The van der Waals surface area contributed by atoms with Gasteiger partial charge in [-0.25, -0.2) is 4.79 Å². The van der Waals surface area contributed by atoms with Crippen LogP contribution >= 0.6 is 15.9 Å². The number of hydrogen-bond donors (Lipinski definition) is 2. The molecule has 110 valence electrons. The van der Waals surface area contributed by atoms with E-state index in [0.717, 1.165) is 11.1 Å². The smallest absolute Gasteiger partial charge is 0.337 e. The second-order valence-electron chi connectivity index (χ2n) is 4.26. The Morgan fingerprint density at radius 2 is 1.95 bits per heavy atom. The lowest BCUT2D eigenvalue weighted by atomic mass is 10.00. The summed E-state index contributed by atoms with van der Waals surface area (Å²) in [4.78, 5) is 22.1. The van der Waals surface area contributed by atoms with E-state index in [9.17, 15) is 14.7 Å². The predicted octanol–water partition coefficient (Wildman–Crippen LogP) is 2.20. The minimum atomic E-state index is -1.56. The minimum absolute atomic E-state index is 0.224. The third-order valence-electron chi connectivity index (χ3n) is 2.70. The Kier molecular flexibility index (Phi) is 6.67. The van der Waals surface area contributed by atoms with Crippen molar-refractivity contribution in [2.75, 3.05) is 6.61 Å². The highest BCUT2D eigenvalue weighted by Gasteiger charge is 2.17. The van der Waals surface area contributed by atoms with Crippen LogP contribution in [0.25, 0.3) is 0 Å². The number of hydrogen-bond acceptors (Lipinski definition) is 4. The lowest BCUT2D eigenvalue weighted by molar-refractivity contribution is -0.147. The average Bonchev–Trinajstić information content (AvgIpc) is 2.44. The first kappa shape index (κ1) is 16.7. The molecule has 0 radical (unpaired) electrons. The fourth-order valence-corrected chi connectivity index (χ4v) is 2.12. The van der Waals surface area contributed by atoms with E-state index in [4.69, 9.17) is 9.84 Å². The molecule has 2 N–H and O–H groups in total. The zero-order chi connectivity index (χ0) is 15.1. The summed E-state index contributed by atoms with van der Waals surface area (Å²) in [5.41, 5.74) is 1.96. The summed E-state index contributed by atoms with van der Waals surface area (Å²) < 4.78 is 4.84. The van der Waals surface area contributed by atoms with Crippen molar-refractivity contribution < 1.29 is 24.5 Å². The monoisotopic (exact) mass is 344 g/mol. The molecule has 0 saturated heterocycles. The maximum atomic E-state index is 11.3. The first-order valence-electron chi connectivity index (χ1n) is 6.23. The van der Waals surface area contributed by atoms with Crippen LogP contribution < -0.4 is 0 Å². The predicted molar refractivity (Wildman–Crippen MR) is 76.6 cm³/mol. The number of carbonyl (C=O) groups excluding carboxylic acids is 1. The molecule has 0 aliphatic heterocycles. The second-order valence-corrected chi connectivity index (χ2v) is 4.82. The summed E-state index contributed by atoms with van der Waals surface area (Å²) in [7, 11) is 0. The van der Waals surface area contributed by atoms with Crippen LogP contribution in [0.4, 0.5) is 0 Å². The number of halogens is 1. The van der Waals surface area contributed by atoms with Gasteiger partial charge in [0.1, 0.15) is 0 Å². The molecule has 0 fully saturated rings. The van der Waals surface area contributed by atoms with Gasteiger partial charge in [0.2, 0.25) is 0 Å². The summed E-state index contributed by atoms with van der Waals surface area (Å²) in [6.07, 6.45) is -0.892. The van der Waals surface area contributed by atoms with Crippen LogP contribution in [0.2, 0.25) is 0 Å². The number of aliphatic hydroxyl groups excluding tert-OH is 1. The van der Waals surface area contributed by atoms with Gasteiger partial charge in [-0.3, -0.25) is 4.79 Å². The lowest BCUT2D eigenvalue weighted by Gasteiger charge is -2.11. The molecule has 1 aromatic carbocycles. The van der Waals surface area contributed by atoms with Gasteiger partial charge >= 0.3 is 11.9 Å². The van der Waals surface area contributed by atoms with Crippen LogP contribution in [0.5, 0.6) is 0 Å². The molecule has 20 heavy (non-hydrogen) atoms. The molecule has 1 unspecified atom stereocenters. The van der Waals surface area contributed by atoms with Crippen molar-refractivity contribution in [3.63, 3.8) is 0 Å². The Bertz CT molecular complexity index is 486. The van der Waals surface area contributed by atoms with Crippen molar-refractivity contribution in [3.05, 3.63) is 34.9 Å². The van der Waals surface area contributed by atoms with E-state index in [1.165, 1.54) is 0 Å². The van der Waals surface area contributed by atoms with Crippen LogP contribution in [0.15, 0.2) is 18.2 Å². The van der Waals surface area contributed by atoms with Crippen LogP contribution in [0, 0.1) is 0 Å². The SMILES string of the molecule is CCOC(=O)CCc1cc(CBr)cc(C(O)C(=O)O)c1. The highest BCUT2D eigenvalue weighted by Crippen LogP contribution is 2.20. The van der Waals surface area contributed by atoms with Gasteiger partial charge in [-0.05, 0) is 30.0 Å². The number of esters is 1. The van der Waals surface area contributed by atoms with Crippen molar-refractivity contribution in [1.82, 2.24) is 0 Å². The summed E-state index contributed by atoms with van der Waals surface area (Å²) in [6.45, 7) is 2.08. The molecule has 5 nitrogen and oxygen atoms in total. The number of benzene rings is 1. The first-order chi connectivity index (χ1) is 9.47. The number of ether oxygens (including phenoxy) is 1. The van der Waals surface area contributed by atoms with E-state index in [-0.39, 0.29) is 12.4 Å². The number of aliphatic carboxylic acids is 1. The maximum absolute atomic E-state index is 11.3. The van der Waals surface area contributed by atoms with Crippen LogP contribution in [0.1, 0.15) is 36.1 Å². The summed E-state index contributed by atoms with van der Waals surface area (Å²) >= 11 is 3.30. The quantitative estimate of drug-likeness (QED) is 0.585. The zero-order valence-electron chi connectivity index (χ0n) is 11.1. The third-order valence-corrected chi connectivity index (χ3v) is 3.35. The highest BCUT2D eigenvalue weighted by molar-refractivity contribution is 9.08. The molecule has 0 aliphatic carbocycles. The zero-order valence-corrected chi connectivity index (χ0v) is 12.7. The Balaban J connectivity index is 2.87. The van der Waals surface area contributed by atoms with Gasteiger partial charge in [0, 0.05) is 11.8 Å². The summed E-state index contributed by atoms with van der Waals surface area (Å²) in [5, 5.41) is 19.0. The highest BCUT2D eigenvalue weighted by atomic mass is 79.9. The molecule has 0 saturated carbocycles. The Labute approximate surface area is 125 Å². The Morgan fingerprint density at radius 1 is 1.30 bits per heavy atom. The molecular formula is C14H17BrO5. The van der Waals surface area contributed by atoms with Gasteiger partial charge in [0.25, 0.3) is 0 Å². The Morgan fingerprint density at radius 3 is 2.50 bits per heavy atom. The van der Waals surface area contributed by atoms with E-state index in [1.807, 2.05) is 6.07 Å². The third kappa shape index (κ3) is 4.94. The molecular weight excluding hydrogens is 328 g/mol. The van der Waals surface area contributed by atoms with Gasteiger partial charge in [0.15, 0.2) is 6.10 Å². The number of alkyl halides is 1. The standard InChI is InChI=1S/C14H17BrO5/c1-2-20-12(16)4-3-9-5-10(8-15)7-11(6-9)13(17)14(18)19/h5-7,13,17H,2-4,8H2,1H3,(H,18,19). The summed E-state index contributed by atoms with van der Waals surface area (Å²) in [5.74, 6) is -1.59. The number of carboxylic acid groups (broad SMARTS) is 1. The van der Waals surface area contributed by atoms with E-state index in [0.29, 0.717) is 23.9 Å². The van der Waals surface area contributed by atoms with Gasteiger partial charge < -0.3 is 14.9 Å². The molecule has 1 aromatic rings. The van der Waals surface area contributed by atoms with Gasteiger partial charge in [0.05, 0.1) is 6.61 Å². The molecule has 1 rings (SSSR count). The van der Waals surface area contributed by atoms with Crippen molar-refractivity contribution >= 4 is 27.9 Å². The molecule has 1 atom stereocenters. The van der Waals surface area contributed by atoms with Crippen molar-refractivity contribution in [3.8, 4) is 0 Å².